The number of tetrazole rings is 1. The quantitative estimate of drug-likeness (QED) is 0.536. The van der Waals surface area contributed by atoms with Gasteiger partial charge in [-0.25, -0.2) is 4.79 Å². The van der Waals surface area contributed by atoms with E-state index in [4.69, 9.17) is 9.47 Å². The molecule has 0 atom stereocenters. The maximum atomic E-state index is 12.2. The highest BCUT2D eigenvalue weighted by Gasteiger charge is 2.17. The number of rotatable bonds is 7. The van der Waals surface area contributed by atoms with E-state index >= 15 is 0 Å². The van der Waals surface area contributed by atoms with Gasteiger partial charge in [0.05, 0.1) is 20.0 Å². The highest BCUT2D eigenvalue weighted by Crippen LogP contribution is 2.29. The number of carbonyl (C=O) groups is 2. The lowest BCUT2D eigenvalue weighted by molar-refractivity contribution is -0.117. The van der Waals surface area contributed by atoms with Crippen LogP contribution in [0.15, 0.2) is 41.6 Å². The van der Waals surface area contributed by atoms with Crippen molar-refractivity contribution in [2.24, 2.45) is 0 Å². The first-order valence-corrected chi connectivity index (χ1v) is 10.2. The Morgan fingerprint density at radius 2 is 1.94 bits per heavy atom. The Balaban J connectivity index is 1.64. The molecular formula is C20H22N6O4S. The van der Waals surface area contributed by atoms with Gasteiger partial charge in [-0.15, -0.1) is 5.10 Å². The Bertz CT molecular complexity index is 1100. The van der Waals surface area contributed by atoms with Crippen molar-refractivity contribution in [2.45, 2.75) is 19.0 Å². The van der Waals surface area contributed by atoms with E-state index in [9.17, 15) is 9.59 Å². The average molecular weight is 443 g/mol. The van der Waals surface area contributed by atoms with Gasteiger partial charge in [0, 0.05) is 11.8 Å². The van der Waals surface area contributed by atoms with E-state index in [2.05, 4.69) is 26.2 Å². The lowest BCUT2D eigenvalue weighted by Gasteiger charge is -2.11. The maximum Gasteiger partial charge on any atom is 0.325 e. The van der Waals surface area contributed by atoms with Crippen LogP contribution in [0, 0.1) is 13.8 Å². The first kappa shape index (κ1) is 22.1. The van der Waals surface area contributed by atoms with Crippen LogP contribution in [0.1, 0.15) is 11.1 Å². The van der Waals surface area contributed by atoms with Gasteiger partial charge >= 0.3 is 6.03 Å². The molecule has 2 N–H and O–H groups in total. The SMILES string of the molecule is COc1ccc(OC)c(-n2nnnc2SCC(=O)NC(=O)Nc2cccc(C)c2C)c1. The van der Waals surface area contributed by atoms with Crippen LogP contribution in [-0.4, -0.2) is 52.1 Å². The molecule has 162 valence electrons. The van der Waals surface area contributed by atoms with Crippen molar-refractivity contribution < 1.29 is 19.1 Å². The second kappa shape index (κ2) is 9.94. The van der Waals surface area contributed by atoms with E-state index in [0.29, 0.717) is 28.0 Å². The highest BCUT2D eigenvalue weighted by molar-refractivity contribution is 7.99. The van der Waals surface area contributed by atoms with E-state index < -0.39 is 11.9 Å². The third kappa shape index (κ3) is 5.31. The number of aryl methyl sites for hydroxylation is 1. The van der Waals surface area contributed by atoms with Crippen molar-refractivity contribution in [1.29, 1.82) is 0 Å². The smallest absolute Gasteiger partial charge is 0.325 e. The van der Waals surface area contributed by atoms with Crippen LogP contribution in [-0.2, 0) is 4.79 Å². The van der Waals surface area contributed by atoms with E-state index in [1.807, 2.05) is 26.0 Å². The van der Waals surface area contributed by atoms with E-state index in [0.717, 1.165) is 22.9 Å². The van der Waals surface area contributed by atoms with E-state index in [1.165, 1.54) is 11.8 Å². The molecule has 0 aliphatic heterocycles. The molecule has 1 heterocycles. The molecule has 0 unspecified atom stereocenters. The number of hydrogen-bond acceptors (Lipinski definition) is 8. The molecule has 0 spiro atoms. The molecule has 0 saturated heterocycles. The number of carbonyl (C=O) groups excluding carboxylic acids is 2. The van der Waals surface area contributed by atoms with Gasteiger partial charge in [-0.3, -0.25) is 10.1 Å². The molecular weight excluding hydrogens is 420 g/mol. The Morgan fingerprint density at radius 1 is 1.13 bits per heavy atom. The molecule has 3 rings (SSSR count). The van der Waals surface area contributed by atoms with Gasteiger partial charge in [0.2, 0.25) is 11.1 Å². The number of aromatic nitrogens is 4. The number of nitrogens with zero attached hydrogens (tertiary/aromatic N) is 4. The van der Waals surface area contributed by atoms with Crippen molar-refractivity contribution in [3.05, 3.63) is 47.5 Å². The zero-order chi connectivity index (χ0) is 22.4. The Labute approximate surface area is 183 Å². The molecule has 0 bridgehead atoms. The predicted molar refractivity (Wildman–Crippen MR) is 116 cm³/mol. The second-order valence-electron chi connectivity index (χ2n) is 6.45. The van der Waals surface area contributed by atoms with Crippen molar-refractivity contribution in [3.63, 3.8) is 0 Å². The summed E-state index contributed by atoms with van der Waals surface area (Å²) in [5.41, 5.74) is 3.18. The summed E-state index contributed by atoms with van der Waals surface area (Å²) in [5.74, 6) is 0.586. The van der Waals surface area contributed by atoms with Crippen LogP contribution in [0.25, 0.3) is 5.69 Å². The van der Waals surface area contributed by atoms with Crippen LogP contribution in [0.5, 0.6) is 11.5 Å². The van der Waals surface area contributed by atoms with Gasteiger partial charge in [0.15, 0.2) is 0 Å². The van der Waals surface area contributed by atoms with Crippen molar-refractivity contribution in [3.8, 4) is 17.2 Å². The highest BCUT2D eigenvalue weighted by atomic mass is 32.2. The van der Waals surface area contributed by atoms with Crippen molar-refractivity contribution >= 4 is 29.4 Å². The van der Waals surface area contributed by atoms with Crippen LogP contribution in [0.2, 0.25) is 0 Å². The summed E-state index contributed by atoms with van der Waals surface area (Å²) in [6.45, 7) is 3.84. The molecule has 0 aliphatic carbocycles. The standard InChI is InChI=1S/C20H22N6O4S/c1-12-6-5-7-15(13(12)2)21-19(28)22-18(27)11-31-20-23-24-25-26(20)16-10-14(29-3)8-9-17(16)30-4/h5-10H,11H2,1-4H3,(H2,21,22,27,28). The van der Waals surface area contributed by atoms with Gasteiger partial charge in [0.25, 0.3) is 0 Å². The molecule has 1 aromatic heterocycles. The summed E-state index contributed by atoms with van der Waals surface area (Å²) >= 11 is 1.08. The fourth-order valence-electron chi connectivity index (χ4n) is 2.72. The lowest BCUT2D eigenvalue weighted by Crippen LogP contribution is -2.35. The zero-order valence-corrected chi connectivity index (χ0v) is 18.3. The number of anilines is 1. The fourth-order valence-corrected chi connectivity index (χ4v) is 3.40. The number of nitrogens with one attached hydrogen (secondary N) is 2. The van der Waals surface area contributed by atoms with Crippen LogP contribution in [0.4, 0.5) is 10.5 Å². The Kier molecular flexibility index (Phi) is 7.08. The third-order valence-electron chi connectivity index (χ3n) is 4.49. The summed E-state index contributed by atoms with van der Waals surface area (Å²) in [7, 11) is 3.08. The van der Waals surface area contributed by atoms with Crippen molar-refractivity contribution in [2.75, 3.05) is 25.3 Å². The predicted octanol–water partition coefficient (Wildman–Crippen LogP) is 2.74. The number of hydrogen-bond donors (Lipinski definition) is 2. The Hall–Kier alpha value is -3.60. The molecule has 0 fully saturated rings. The van der Waals surface area contributed by atoms with Crippen LogP contribution in [0.3, 0.4) is 0 Å². The number of thioether (sulfide) groups is 1. The molecule has 31 heavy (non-hydrogen) atoms. The molecule has 3 aromatic rings. The van der Waals surface area contributed by atoms with E-state index in [-0.39, 0.29) is 5.75 Å². The summed E-state index contributed by atoms with van der Waals surface area (Å²) in [6.07, 6.45) is 0. The molecule has 10 nitrogen and oxygen atoms in total. The minimum Gasteiger partial charge on any atom is -0.497 e. The molecule has 0 saturated carbocycles. The van der Waals surface area contributed by atoms with Gasteiger partial charge in [0.1, 0.15) is 17.2 Å². The van der Waals surface area contributed by atoms with Crippen LogP contribution < -0.4 is 20.1 Å². The van der Waals surface area contributed by atoms with Gasteiger partial charge < -0.3 is 14.8 Å². The molecule has 0 radical (unpaired) electrons. The van der Waals surface area contributed by atoms with Crippen LogP contribution >= 0.6 is 11.8 Å². The van der Waals surface area contributed by atoms with Gasteiger partial charge in [-0.2, -0.15) is 4.68 Å². The van der Waals surface area contributed by atoms with Gasteiger partial charge in [-0.05, 0) is 53.6 Å². The molecule has 0 aliphatic rings. The topological polar surface area (TPSA) is 120 Å². The first-order valence-electron chi connectivity index (χ1n) is 9.23. The fraction of sp³-hybridized carbons (Fsp3) is 0.250. The largest absolute Gasteiger partial charge is 0.497 e. The summed E-state index contributed by atoms with van der Waals surface area (Å²) in [5, 5.41) is 16.9. The third-order valence-corrected chi connectivity index (χ3v) is 5.41. The van der Waals surface area contributed by atoms with Crippen molar-refractivity contribution in [1.82, 2.24) is 25.5 Å². The first-order chi connectivity index (χ1) is 14.9. The minimum atomic E-state index is -0.603. The van der Waals surface area contributed by atoms with E-state index in [1.54, 1.807) is 31.4 Å². The number of benzene rings is 2. The summed E-state index contributed by atoms with van der Waals surface area (Å²) in [4.78, 5) is 24.4. The number of ether oxygens (including phenoxy) is 2. The monoisotopic (exact) mass is 442 g/mol. The normalized spacial score (nSPS) is 10.5. The lowest BCUT2D eigenvalue weighted by atomic mass is 10.1. The number of imide groups is 1. The number of methoxy groups -OCH3 is 2. The molecule has 2 aromatic carbocycles. The minimum absolute atomic E-state index is 0.0626. The Morgan fingerprint density at radius 3 is 2.68 bits per heavy atom. The summed E-state index contributed by atoms with van der Waals surface area (Å²) in [6, 6.07) is 10.2. The summed E-state index contributed by atoms with van der Waals surface area (Å²) < 4.78 is 12.0. The number of urea groups is 1. The number of amides is 3. The van der Waals surface area contributed by atoms with Gasteiger partial charge in [-0.1, -0.05) is 23.9 Å². The molecule has 3 amide bonds. The average Bonchev–Trinajstić information content (AvgIpc) is 3.23. The molecule has 11 heteroatoms. The zero-order valence-electron chi connectivity index (χ0n) is 17.5. The second-order valence-corrected chi connectivity index (χ2v) is 7.39. The maximum absolute atomic E-state index is 12.2.